The van der Waals surface area contributed by atoms with Crippen LogP contribution in [0.2, 0.25) is 0 Å². The van der Waals surface area contributed by atoms with Gasteiger partial charge in [-0.25, -0.2) is 4.98 Å². The molecule has 5 aromatic rings. The molecule has 0 saturated carbocycles. The SMILES string of the molecule is C=C/C(=C\C(=C/C)c1ccc2[nH]nc(C3=NCc4c(-c5ccsc5)ccnc4N3)c2c1)CNCc1ccccc1. The van der Waals surface area contributed by atoms with Crippen molar-refractivity contribution in [3.63, 3.8) is 0 Å². The minimum atomic E-state index is 0.548. The van der Waals surface area contributed by atoms with Gasteiger partial charge in [-0.3, -0.25) is 10.1 Å². The zero-order valence-electron chi connectivity index (χ0n) is 22.3. The minimum absolute atomic E-state index is 0.548. The van der Waals surface area contributed by atoms with E-state index in [9.17, 15) is 0 Å². The summed E-state index contributed by atoms with van der Waals surface area (Å²) in [6.45, 7) is 8.19. The fourth-order valence-electron chi connectivity index (χ4n) is 4.93. The summed E-state index contributed by atoms with van der Waals surface area (Å²) in [6, 6.07) is 21.0. The van der Waals surface area contributed by atoms with Gasteiger partial charge in [0, 0.05) is 30.2 Å². The molecule has 0 fully saturated rings. The third kappa shape index (κ3) is 5.30. The number of nitrogens with zero attached hydrogens (tertiary/aromatic N) is 3. The number of aromatic nitrogens is 3. The molecule has 6 nitrogen and oxygen atoms in total. The van der Waals surface area contributed by atoms with Crippen molar-refractivity contribution in [2.24, 2.45) is 4.99 Å². The Bertz CT molecular complexity index is 1740. The highest BCUT2D eigenvalue weighted by Gasteiger charge is 2.21. The molecule has 40 heavy (non-hydrogen) atoms. The Balaban J connectivity index is 1.24. The number of benzene rings is 2. The van der Waals surface area contributed by atoms with Crippen molar-refractivity contribution < 1.29 is 0 Å². The molecule has 0 unspecified atom stereocenters. The van der Waals surface area contributed by atoms with Gasteiger partial charge < -0.3 is 10.6 Å². The van der Waals surface area contributed by atoms with E-state index >= 15 is 0 Å². The lowest BCUT2D eigenvalue weighted by atomic mass is 9.99. The van der Waals surface area contributed by atoms with E-state index in [2.05, 4.69) is 117 Å². The van der Waals surface area contributed by atoms with Crippen molar-refractivity contribution in [2.75, 3.05) is 11.9 Å². The molecule has 1 aliphatic heterocycles. The molecule has 1 aliphatic rings. The van der Waals surface area contributed by atoms with Crippen molar-refractivity contribution in [1.29, 1.82) is 0 Å². The lowest BCUT2D eigenvalue weighted by Gasteiger charge is -2.19. The second kappa shape index (κ2) is 11.7. The first kappa shape index (κ1) is 25.7. The third-order valence-electron chi connectivity index (χ3n) is 7.06. The van der Waals surface area contributed by atoms with E-state index in [-0.39, 0.29) is 0 Å². The average molecular weight is 543 g/mol. The zero-order valence-corrected chi connectivity index (χ0v) is 23.1. The van der Waals surface area contributed by atoms with Crippen LogP contribution in [0.5, 0.6) is 0 Å². The zero-order chi connectivity index (χ0) is 27.3. The Kier molecular flexibility index (Phi) is 7.48. The average Bonchev–Trinajstić information content (AvgIpc) is 3.69. The number of pyridine rings is 1. The number of hydrogen-bond donors (Lipinski definition) is 3. The third-order valence-corrected chi connectivity index (χ3v) is 7.74. The van der Waals surface area contributed by atoms with Gasteiger partial charge in [0.2, 0.25) is 0 Å². The highest BCUT2D eigenvalue weighted by molar-refractivity contribution is 7.08. The summed E-state index contributed by atoms with van der Waals surface area (Å²) in [6.07, 6.45) is 8.08. The van der Waals surface area contributed by atoms with E-state index in [1.54, 1.807) is 11.3 Å². The van der Waals surface area contributed by atoms with Crippen LogP contribution in [0.25, 0.3) is 27.6 Å². The van der Waals surface area contributed by atoms with Crippen LogP contribution in [-0.2, 0) is 13.1 Å². The normalized spacial score (nSPS) is 13.6. The highest BCUT2D eigenvalue weighted by Crippen LogP contribution is 2.33. The Hall–Kier alpha value is -4.59. The summed E-state index contributed by atoms with van der Waals surface area (Å²) >= 11 is 1.69. The number of allylic oxidation sites excluding steroid dienone is 3. The molecule has 3 aromatic heterocycles. The number of anilines is 1. The molecule has 6 rings (SSSR count). The standard InChI is InChI=1S/C33H30N6S/c1-3-22(18-34-19-23-8-6-5-7-9-23)16-24(4-2)25-10-11-30-28(17-25)31(39-38-30)33-36-20-29-27(26-13-15-40-21-26)12-14-35-32(29)37-33/h3-17,21,34H,1,18-20H2,2H3,(H,38,39)(H,35,36,37)/b22-16+,24-4+. The first-order valence-corrected chi connectivity index (χ1v) is 14.2. The fourth-order valence-corrected chi connectivity index (χ4v) is 5.58. The molecule has 0 radical (unpaired) electrons. The Morgan fingerprint density at radius 3 is 2.83 bits per heavy atom. The van der Waals surface area contributed by atoms with Crippen molar-refractivity contribution in [2.45, 2.75) is 20.0 Å². The van der Waals surface area contributed by atoms with Gasteiger partial charge in [0.05, 0.1) is 12.1 Å². The first-order chi connectivity index (χ1) is 19.7. The fraction of sp³-hybridized carbons (Fsp3) is 0.121. The Morgan fingerprint density at radius 1 is 1.12 bits per heavy atom. The van der Waals surface area contributed by atoms with Crippen LogP contribution in [0.3, 0.4) is 0 Å². The van der Waals surface area contributed by atoms with Crippen molar-refractivity contribution in [3.8, 4) is 11.1 Å². The maximum atomic E-state index is 4.89. The van der Waals surface area contributed by atoms with Gasteiger partial charge in [-0.05, 0) is 75.3 Å². The van der Waals surface area contributed by atoms with Crippen LogP contribution in [0.15, 0.2) is 113 Å². The largest absolute Gasteiger partial charge is 0.323 e. The molecule has 4 heterocycles. The molecule has 7 heteroatoms. The summed E-state index contributed by atoms with van der Waals surface area (Å²) < 4.78 is 0. The predicted molar refractivity (Wildman–Crippen MR) is 168 cm³/mol. The van der Waals surface area contributed by atoms with Gasteiger partial charge >= 0.3 is 0 Å². The molecule has 198 valence electrons. The summed E-state index contributed by atoms with van der Waals surface area (Å²) in [5.74, 6) is 1.55. The minimum Gasteiger partial charge on any atom is -0.323 e. The molecule has 3 N–H and O–H groups in total. The Labute approximate surface area is 237 Å². The number of aromatic amines is 1. The molecule has 0 amide bonds. The van der Waals surface area contributed by atoms with Crippen molar-refractivity contribution in [3.05, 3.63) is 130 Å². The van der Waals surface area contributed by atoms with Crippen molar-refractivity contribution >= 4 is 39.5 Å². The summed E-state index contributed by atoms with van der Waals surface area (Å²) in [7, 11) is 0. The van der Waals surface area contributed by atoms with E-state index in [0.29, 0.717) is 6.54 Å². The monoisotopic (exact) mass is 542 g/mol. The van der Waals surface area contributed by atoms with Gasteiger partial charge in [-0.15, -0.1) is 0 Å². The van der Waals surface area contributed by atoms with Crippen LogP contribution < -0.4 is 10.6 Å². The quantitative estimate of drug-likeness (QED) is 0.170. The highest BCUT2D eigenvalue weighted by atomic mass is 32.1. The van der Waals surface area contributed by atoms with E-state index in [1.807, 2.05) is 18.3 Å². The molecule has 2 aromatic carbocycles. The summed E-state index contributed by atoms with van der Waals surface area (Å²) in [4.78, 5) is 9.50. The van der Waals surface area contributed by atoms with Gasteiger partial charge in [-0.1, -0.05) is 61.2 Å². The maximum Gasteiger partial charge on any atom is 0.155 e. The number of fused-ring (bicyclic) bond motifs is 2. The van der Waals surface area contributed by atoms with Gasteiger partial charge in [-0.2, -0.15) is 16.4 Å². The number of rotatable bonds is 9. The van der Waals surface area contributed by atoms with E-state index < -0.39 is 0 Å². The van der Waals surface area contributed by atoms with Gasteiger partial charge in [0.25, 0.3) is 0 Å². The van der Waals surface area contributed by atoms with Crippen LogP contribution in [-0.4, -0.2) is 27.6 Å². The van der Waals surface area contributed by atoms with Gasteiger partial charge in [0.1, 0.15) is 11.5 Å². The number of amidine groups is 1. The predicted octanol–water partition coefficient (Wildman–Crippen LogP) is 7.36. The van der Waals surface area contributed by atoms with E-state index in [0.717, 1.165) is 69.2 Å². The first-order valence-electron chi connectivity index (χ1n) is 13.3. The topological polar surface area (TPSA) is 78.0 Å². The molecule has 0 spiro atoms. The van der Waals surface area contributed by atoms with Crippen molar-refractivity contribution in [1.82, 2.24) is 20.5 Å². The molecule has 0 aliphatic carbocycles. The number of aliphatic imine (C=N–C) groups is 1. The molecular weight excluding hydrogens is 512 g/mol. The van der Waals surface area contributed by atoms with E-state index in [1.165, 1.54) is 11.1 Å². The van der Waals surface area contributed by atoms with Gasteiger partial charge in [0.15, 0.2) is 5.84 Å². The van der Waals surface area contributed by atoms with Crippen LogP contribution in [0.4, 0.5) is 5.82 Å². The second-order valence-corrected chi connectivity index (χ2v) is 10.4. The lowest BCUT2D eigenvalue weighted by molar-refractivity contribution is 0.747. The summed E-state index contributed by atoms with van der Waals surface area (Å²) in [5, 5.41) is 20.0. The number of nitrogens with one attached hydrogen (secondary N) is 3. The molecule has 0 atom stereocenters. The number of thiophene rings is 1. The molecular formula is C33H30N6S. The number of H-pyrrole nitrogens is 1. The number of hydrogen-bond acceptors (Lipinski definition) is 6. The Morgan fingerprint density at radius 2 is 2.02 bits per heavy atom. The van der Waals surface area contributed by atoms with Crippen LogP contribution in [0.1, 0.15) is 29.3 Å². The lowest BCUT2D eigenvalue weighted by Crippen LogP contribution is -2.21. The van der Waals surface area contributed by atoms with E-state index in [4.69, 9.17) is 4.99 Å². The van der Waals surface area contributed by atoms with Crippen LogP contribution in [0, 0.1) is 0 Å². The maximum absolute atomic E-state index is 4.89. The van der Waals surface area contributed by atoms with Crippen LogP contribution >= 0.6 is 11.3 Å². The molecule has 0 saturated heterocycles. The second-order valence-electron chi connectivity index (χ2n) is 9.58. The smallest absolute Gasteiger partial charge is 0.155 e. The molecule has 0 bridgehead atoms. The summed E-state index contributed by atoms with van der Waals surface area (Å²) in [5.41, 5.74) is 9.82.